The lowest BCUT2D eigenvalue weighted by molar-refractivity contribution is 1.10. The normalized spacial score (nSPS) is 11.5. The molecule has 5 aromatic rings. The maximum atomic E-state index is 4.79. The zero-order chi connectivity index (χ0) is 16.1. The van der Waals surface area contributed by atoms with Crippen LogP contribution < -0.4 is 0 Å². The molecule has 0 fully saturated rings. The van der Waals surface area contributed by atoms with Crippen LogP contribution >= 0.6 is 11.3 Å². The van der Waals surface area contributed by atoms with Gasteiger partial charge in [-0.2, -0.15) is 0 Å². The molecule has 5 rings (SSSR count). The first-order valence-electron chi connectivity index (χ1n) is 7.95. The number of aromatic nitrogens is 2. The Labute approximate surface area is 143 Å². The Kier molecular flexibility index (Phi) is 2.91. The fourth-order valence-corrected chi connectivity index (χ4v) is 4.55. The molecule has 24 heavy (non-hydrogen) atoms. The van der Waals surface area contributed by atoms with E-state index in [1.165, 1.54) is 25.7 Å². The highest BCUT2D eigenvalue weighted by Crippen LogP contribution is 2.40. The van der Waals surface area contributed by atoms with Gasteiger partial charge in [-0.3, -0.25) is 0 Å². The summed E-state index contributed by atoms with van der Waals surface area (Å²) < 4.78 is 2.61. The monoisotopic (exact) mass is 326 g/mol. The summed E-state index contributed by atoms with van der Waals surface area (Å²) >= 11 is 1.84. The van der Waals surface area contributed by atoms with Crippen molar-refractivity contribution in [1.82, 2.24) is 9.97 Å². The van der Waals surface area contributed by atoms with Gasteiger partial charge in [-0.1, -0.05) is 54.6 Å². The first kappa shape index (κ1) is 13.6. The molecule has 0 saturated carbocycles. The second-order valence-electron chi connectivity index (χ2n) is 5.92. The highest BCUT2D eigenvalue weighted by molar-refractivity contribution is 7.26. The average molecular weight is 326 g/mol. The third-order valence-corrected chi connectivity index (χ3v) is 5.59. The van der Waals surface area contributed by atoms with Gasteiger partial charge in [0.15, 0.2) is 0 Å². The van der Waals surface area contributed by atoms with Crippen molar-refractivity contribution < 1.29 is 0 Å². The molecule has 0 unspecified atom stereocenters. The van der Waals surface area contributed by atoms with E-state index in [0.717, 1.165) is 22.4 Å². The molecule has 2 heterocycles. The topological polar surface area (TPSA) is 25.8 Å². The fourth-order valence-electron chi connectivity index (χ4n) is 3.33. The number of hydrogen-bond donors (Lipinski definition) is 0. The number of fused-ring (bicyclic) bond motifs is 4. The maximum absolute atomic E-state index is 4.79. The van der Waals surface area contributed by atoms with Crippen LogP contribution in [0, 0.1) is 6.92 Å². The van der Waals surface area contributed by atoms with Gasteiger partial charge in [0.1, 0.15) is 5.82 Å². The van der Waals surface area contributed by atoms with Gasteiger partial charge in [0.25, 0.3) is 0 Å². The predicted octanol–water partition coefficient (Wildman–Crippen LogP) is 5.97. The summed E-state index contributed by atoms with van der Waals surface area (Å²) in [5.74, 6) is 0.807. The van der Waals surface area contributed by atoms with E-state index < -0.39 is 0 Å². The lowest BCUT2D eigenvalue weighted by atomic mass is 10.0. The van der Waals surface area contributed by atoms with Gasteiger partial charge in [0, 0.05) is 31.1 Å². The lowest BCUT2D eigenvalue weighted by Crippen LogP contribution is -1.93. The first-order valence-corrected chi connectivity index (χ1v) is 8.77. The van der Waals surface area contributed by atoms with Crippen LogP contribution in [0.4, 0.5) is 0 Å². The Bertz CT molecular complexity index is 1220. The molecule has 3 heteroatoms. The largest absolute Gasteiger partial charge is 0.233 e. The van der Waals surface area contributed by atoms with Gasteiger partial charge in [-0.15, -0.1) is 11.3 Å². The summed E-state index contributed by atoms with van der Waals surface area (Å²) in [6, 6.07) is 23.3. The van der Waals surface area contributed by atoms with Crippen molar-refractivity contribution in [3.63, 3.8) is 0 Å². The van der Waals surface area contributed by atoms with Crippen LogP contribution in [0.1, 0.15) is 5.82 Å². The first-order chi connectivity index (χ1) is 11.8. The van der Waals surface area contributed by atoms with Crippen LogP contribution in [0.25, 0.3) is 42.3 Å². The number of benzene rings is 3. The fraction of sp³-hybridized carbons (Fsp3) is 0.0476. The minimum Gasteiger partial charge on any atom is -0.233 e. The predicted molar refractivity (Wildman–Crippen MR) is 103 cm³/mol. The number of para-hydroxylation sites is 1. The second kappa shape index (κ2) is 5.11. The van der Waals surface area contributed by atoms with Crippen molar-refractivity contribution in [2.75, 3.05) is 0 Å². The SMILES string of the molecule is Cc1nc(-c2cccc3c2sc2ccccc23)c2ccccc2n1. The van der Waals surface area contributed by atoms with Crippen molar-refractivity contribution in [3.05, 3.63) is 72.6 Å². The summed E-state index contributed by atoms with van der Waals surface area (Å²) in [5, 5.41) is 3.72. The van der Waals surface area contributed by atoms with E-state index >= 15 is 0 Å². The van der Waals surface area contributed by atoms with Crippen LogP contribution in [-0.4, -0.2) is 9.97 Å². The lowest BCUT2D eigenvalue weighted by Gasteiger charge is -2.08. The Balaban J connectivity index is 1.94. The molecule has 0 N–H and O–H groups in total. The standard InChI is InChI=1S/C21H14N2S/c1-13-22-18-11-4-2-8-16(18)20(23-13)17-10-6-9-15-14-7-3-5-12-19(14)24-21(15)17/h2-12H,1H3. The van der Waals surface area contributed by atoms with Crippen LogP contribution in [-0.2, 0) is 0 Å². The van der Waals surface area contributed by atoms with Crippen molar-refractivity contribution in [2.24, 2.45) is 0 Å². The minimum atomic E-state index is 0.807. The zero-order valence-corrected chi connectivity index (χ0v) is 14.0. The summed E-state index contributed by atoms with van der Waals surface area (Å²) in [7, 11) is 0. The van der Waals surface area contributed by atoms with Crippen molar-refractivity contribution >= 4 is 42.4 Å². The Morgan fingerprint density at radius 1 is 0.708 bits per heavy atom. The highest BCUT2D eigenvalue weighted by Gasteiger charge is 2.14. The summed E-state index contributed by atoms with van der Waals surface area (Å²) in [6.07, 6.45) is 0. The molecule has 2 nitrogen and oxygen atoms in total. The number of hydrogen-bond acceptors (Lipinski definition) is 3. The Morgan fingerprint density at radius 3 is 2.38 bits per heavy atom. The molecule has 114 valence electrons. The van der Waals surface area contributed by atoms with Crippen molar-refractivity contribution in [2.45, 2.75) is 6.92 Å². The number of rotatable bonds is 1. The van der Waals surface area contributed by atoms with Gasteiger partial charge >= 0.3 is 0 Å². The molecule has 0 saturated heterocycles. The smallest absolute Gasteiger partial charge is 0.126 e. The van der Waals surface area contributed by atoms with Crippen molar-refractivity contribution in [3.8, 4) is 11.3 Å². The van der Waals surface area contributed by atoms with E-state index in [4.69, 9.17) is 4.98 Å². The minimum absolute atomic E-state index is 0.807. The van der Waals surface area contributed by atoms with Crippen molar-refractivity contribution in [1.29, 1.82) is 0 Å². The van der Waals surface area contributed by atoms with E-state index in [9.17, 15) is 0 Å². The van der Waals surface area contributed by atoms with Gasteiger partial charge in [0.2, 0.25) is 0 Å². The second-order valence-corrected chi connectivity index (χ2v) is 6.97. The zero-order valence-electron chi connectivity index (χ0n) is 13.2. The van der Waals surface area contributed by atoms with Gasteiger partial charge in [-0.05, 0) is 19.1 Å². The van der Waals surface area contributed by atoms with E-state index in [-0.39, 0.29) is 0 Å². The number of nitrogens with zero attached hydrogens (tertiary/aromatic N) is 2. The van der Waals surface area contributed by atoms with Crippen LogP contribution in [0.2, 0.25) is 0 Å². The van der Waals surface area contributed by atoms with E-state index in [1.54, 1.807) is 0 Å². The quantitative estimate of drug-likeness (QED) is 0.379. The summed E-state index contributed by atoms with van der Waals surface area (Å²) in [4.78, 5) is 9.36. The van der Waals surface area contributed by atoms with Gasteiger partial charge in [-0.25, -0.2) is 9.97 Å². The molecule has 0 aliphatic heterocycles. The molecule has 0 atom stereocenters. The molecular formula is C21H14N2S. The molecule has 0 amide bonds. The Morgan fingerprint density at radius 2 is 1.46 bits per heavy atom. The number of thiophene rings is 1. The summed E-state index contributed by atoms with van der Waals surface area (Å²) in [5.41, 5.74) is 3.21. The van der Waals surface area contributed by atoms with Crippen LogP contribution in [0.5, 0.6) is 0 Å². The third kappa shape index (κ3) is 1.95. The molecule has 0 spiro atoms. The number of aryl methyl sites for hydroxylation is 1. The molecule has 0 radical (unpaired) electrons. The van der Waals surface area contributed by atoms with Gasteiger partial charge in [0.05, 0.1) is 11.2 Å². The highest BCUT2D eigenvalue weighted by atomic mass is 32.1. The average Bonchev–Trinajstić information content (AvgIpc) is 3.00. The molecule has 0 bridgehead atoms. The molecular weight excluding hydrogens is 312 g/mol. The third-order valence-electron chi connectivity index (χ3n) is 4.37. The molecule has 3 aromatic carbocycles. The van der Waals surface area contributed by atoms with E-state index in [0.29, 0.717) is 0 Å². The maximum Gasteiger partial charge on any atom is 0.126 e. The van der Waals surface area contributed by atoms with Gasteiger partial charge < -0.3 is 0 Å². The van der Waals surface area contributed by atoms with Crippen LogP contribution in [0.15, 0.2) is 66.7 Å². The van der Waals surface area contributed by atoms with E-state index in [1.807, 2.05) is 24.3 Å². The summed E-state index contributed by atoms with van der Waals surface area (Å²) in [6.45, 7) is 1.96. The van der Waals surface area contributed by atoms with Crippen LogP contribution in [0.3, 0.4) is 0 Å². The molecule has 0 aliphatic carbocycles. The molecule has 0 aliphatic rings. The molecule has 2 aromatic heterocycles. The Hall–Kier alpha value is -2.78. The van der Waals surface area contributed by atoms with E-state index in [2.05, 4.69) is 65.6 Å².